The Morgan fingerprint density at radius 3 is 1.94 bits per heavy atom. The van der Waals surface area contributed by atoms with Crippen LogP contribution in [0.15, 0.2) is 0 Å². The van der Waals surface area contributed by atoms with Gasteiger partial charge < -0.3 is 19.3 Å². The average molecular weight is 485 g/mol. The average Bonchev–Trinajstić information content (AvgIpc) is 3.24. The number of carbonyl (C=O) groups excluding carboxylic acids is 2. The van der Waals surface area contributed by atoms with Gasteiger partial charge in [-0.2, -0.15) is 0 Å². The number of esters is 2. The van der Waals surface area contributed by atoms with E-state index in [0.717, 1.165) is 32.1 Å². The third-order valence-electron chi connectivity index (χ3n) is 6.76. The summed E-state index contributed by atoms with van der Waals surface area (Å²) in [6.07, 6.45) is 19.7. The fourth-order valence-corrected chi connectivity index (χ4v) is 4.48. The van der Waals surface area contributed by atoms with Crippen molar-refractivity contribution in [1.82, 2.24) is 0 Å². The molecule has 1 heterocycles. The monoisotopic (exact) mass is 484 g/mol. The summed E-state index contributed by atoms with van der Waals surface area (Å²) in [5.74, 6) is -0.506. The van der Waals surface area contributed by atoms with Crippen molar-refractivity contribution >= 4 is 11.9 Å². The molecule has 34 heavy (non-hydrogen) atoms. The van der Waals surface area contributed by atoms with Crippen LogP contribution >= 0.6 is 0 Å². The van der Waals surface area contributed by atoms with Crippen molar-refractivity contribution in [2.75, 3.05) is 19.8 Å². The van der Waals surface area contributed by atoms with E-state index in [1.807, 2.05) is 0 Å². The predicted molar refractivity (Wildman–Crippen MR) is 136 cm³/mol. The molecule has 0 aliphatic carbocycles. The van der Waals surface area contributed by atoms with Gasteiger partial charge in [-0.1, -0.05) is 97.3 Å². The Morgan fingerprint density at radius 2 is 1.35 bits per heavy atom. The minimum atomic E-state index is -0.888. The van der Waals surface area contributed by atoms with Crippen LogP contribution < -0.4 is 0 Å². The number of hydrogen-bond donors (Lipinski definition) is 1. The minimum absolute atomic E-state index is 0.0405. The third kappa shape index (κ3) is 15.0. The molecule has 1 N–H and O–H groups in total. The molecule has 0 amide bonds. The van der Waals surface area contributed by atoms with Crippen LogP contribution in [0.2, 0.25) is 0 Å². The minimum Gasteiger partial charge on any atom is -0.466 e. The highest BCUT2D eigenvalue weighted by Crippen LogP contribution is 2.32. The molecule has 0 radical (unpaired) electrons. The lowest BCUT2D eigenvalue weighted by Crippen LogP contribution is -2.40. The van der Waals surface area contributed by atoms with Gasteiger partial charge in [-0.15, -0.1) is 0 Å². The van der Waals surface area contributed by atoms with Gasteiger partial charge in [-0.3, -0.25) is 9.59 Å². The molecule has 1 aliphatic heterocycles. The van der Waals surface area contributed by atoms with Gasteiger partial charge in [0.2, 0.25) is 0 Å². The van der Waals surface area contributed by atoms with Gasteiger partial charge in [0.1, 0.15) is 12.2 Å². The number of hydrogen-bond acceptors (Lipinski definition) is 6. The van der Waals surface area contributed by atoms with Crippen molar-refractivity contribution in [3.8, 4) is 0 Å². The number of ether oxygens (including phenoxy) is 3. The first kappa shape index (κ1) is 30.9. The number of unbranched alkanes of at least 4 members (excludes halogenated alkanes) is 13. The van der Waals surface area contributed by atoms with Crippen molar-refractivity contribution in [2.24, 2.45) is 0 Å². The summed E-state index contributed by atoms with van der Waals surface area (Å²) in [6.45, 7) is 4.62. The van der Waals surface area contributed by atoms with Crippen molar-refractivity contribution < 1.29 is 28.9 Å². The van der Waals surface area contributed by atoms with Gasteiger partial charge >= 0.3 is 11.9 Å². The normalized spacial score (nSPS) is 19.9. The van der Waals surface area contributed by atoms with Crippen LogP contribution in [0.3, 0.4) is 0 Å². The molecule has 1 fully saturated rings. The highest BCUT2D eigenvalue weighted by Gasteiger charge is 2.41. The van der Waals surface area contributed by atoms with Crippen LogP contribution in [0, 0.1) is 0 Å². The second-order valence-corrected chi connectivity index (χ2v) is 10.1. The van der Waals surface area contributed by atoms with Crippen LogP contribution in [-0.4, -0.2) is 48.6 Å². The van der Waals surface area contributed by atoms with Gasteiger partial charge in [0, 0.05) is 6.42 Å². The van der Waals surface area contributed by atoms with Crippen molar-refractivity contribution in [3.05, 3.63) is 0 Å². The first-order valence-electron chi connectivity index (χ1n) is 14.1. The van der Waals surface area contributed by atoms with Crippen LogP contribution in [0.1, 0.15) is 136 Å². The molecule has 1 saturated heterocycles. The summed E-state index contributed by atoms with van der Waals surface area (Å²) in [4.78, 5) is 24.0. The molecule has 0 aromatic heterocycles. The Hall–Kier alpha value is -1.14. The second-order valence-electron chi connectivity index (χ2n) is 10.1. The Morgan fingerprint density at radius 1 is 0.794 bits per heavy atom. The van der Waals surface area contributed by atoms with E-state index in [1.165, 1.54) is 64.2 Å². The molecule has 0 saturated carbocycles. The summed E-state index contributed by atoms with van der Waals surface area (Å²) in [5.41, 5.74) is -0.888. The summed E-state index contributed by atoms with van der Waals surface area (Å²) >= 11 is 0. The smallest absolute Gasteiger partial charge is 0.308 e. The molecule has 6 heteroatoms. The SMILES string of the molecule is CCCCCCCCCCCCCCOC(=O)C[C@H]1CC[C@](CO)(COC(=O)CCCCC)O1. The van der Waals surface area contributed by atoms with Gasteiger partial charge in [0.15, 0.2) is 0 Å². The van der Waals surface area contributed by atoms with Crippen molar-refractivity contribution in [3.63, 3.8) is 0 Å². The quantitative estimate of drug-likeness (QED) is 0.137. The molecular formula is C28H52O6. The number of aliphatic hydroxyl groups excluding tert-OH is 1. The predicted octanol–water partition coefficient (Wildman–Crippen LogP) is 6.65. The molecule has 0 aromatic rings. The van der Waals surface area contributed by atoms with Gasteiger partial charge in [-0.25, -0.2) is 0 Å². The molecule has 6 nitrogen and oxygen atoms in total. The molecule has 2 atom stereocenters. The molecule has 0 aromatic carbocycles. The Kier molecular flexibility index (Phi) is 18.3. The van der Waals surface area contributed by atoms with Gasteiger partial charge in [0.25, 0.3) is 0 Å². The van der Waals surface area contributed by atoms with Gasteiger partial charge in [-0.05, 0) is 25.7 Å². The third-order valence-corrected chi connectivity index (χ3v) is 6.76. The van der Waals surface area contributed by atoms with E-state index in [1.54, 1.807) is 0 Å². The zero-order valence-electron chi connectivity index (χ0n) is 22.1. The Labute approximate surface area is 208 Å². The van der Waals surface area contributed by atoms with Crippen molar-refractivity contribution in [2.45, 2.75) is 148 Å². The molecule has 0 unspecified atom stereocenters. The van der Waals surface area contributed by atoms with Crippen LogP contribution in [0.25, 0.3) is 0 Å². The maximum absolute atomic E-state index is 12.2. The van der Waals surface area contributed by atoms with E-state index in [9.17, 15) is 14.7 Å². The lowest BCUT2D eigenvalue weighted by Gasteiger charge is -2.26. The van der Waals surface area contributed by atoms with E-state index >= 15 is 0 Å². The molecule has 200 valence electrons. The summed E-state index contributed by atoms with van der Waals surface area (Å²) in [7, 11) is 0. The van der Waals surface area contributed by atoms with E-state index in [4.69, 9.17) is 14.2 Å². The summed E-state index contributed by atoms with van der Waals surface area (Å²) in [6, 6.07) is 0. The molecule has 1 rings (SSSR count). The van der Waals surface area contributed by atoms with Crippen LogP contribution in [0.5, 0.6) is 0 Å². The Bertz CT molecular complexity index is 523. The van der Waals surface area contributed by atoms with Crippen LogP contribution in [0.4, 0.5) is 0 Å². The molecule has 1 aliphatic rings. The zero-order chi connectivity index (χ0) is 24.9. The fourth-order valence-electron chi connectivity index (χ4n) is 4.48. The first-order valence-corrected chi connectivity index (χ1v) is 14.1. The lowest BCUT2D eigenvalue weighted by atomic mass is 10.0. The van der Waals surface area contributed by atoms with E-state index in [0.29, 0.717) is 25.9 Å². The summed E-state index contributed by atoms with van der Waals surface area (Å²) < 4.78 is 16.7. The summed E-state index contributed by atoms with van der Waals surface area (Å²) in [5, 5.41) is 9.80. The van der Waals surface area contributed by atoms with Crippen LogP contribution in [-0.2, 0) is 23.8 Å². The molecular weight excluding hydrogens is 432 g/mol. The first-order chi connectivity index (χ1) is 16.5. The maximum Gasteiger partial charge on any atom is 0.308 e. The zero-order valence-corrected chi connectivity index (χ0v) is 22.1. The standard InChI is InChI=1S/C28H52O6/c1-3-5-7-8-9-10-11-12-13-14-15-17-21-32-27(31)22-25-19-20-28(23-29,34-25)24-33-26(30)18-16-6-4-2/h25,29H,3-24H2,1-2H3/t25-,28+/m1/s1. The fraction of sp³-hybridized carbons (Fsp3) is 0.929. The van der Waals surface area contributed by atoms with Gasteiger partial charge in [0.05, 0.1) is 25.7 Å². The number of rotatable bonds is 22. The molecule has 0 bridgehead atoms. The maximum atomic E-state index is 12.2. The Balaban J connectivity index is 2.04. The van der Waals surface area contributed by atoms with E-state index < -0.39 is 5.60 Å². The largest absolute Gasteiger partial charge is 0.466 e. The lowest BCUT2D eigenvalue weighted by molar-refractivity contribution is -0.163. The van der Waals surface area contributed by atoms with E-state index in [2.05, 4.69) is 13.8 Å². The highest BCUT2D eigenvalue weighted by molar-refractivity contribution is 5.70. The number of carbonyl (C=O) groups is 2. The van der Waals surface area contributed by atoms with E-state index in [-0.39, 0.29) is 37.7 Å². The molecule has 0 spiro atoms. The van der Waals surface area contributed by atoms with Crippen molar-refractivity contribution in [1.29, 1.82) is 0 Å². The second kappa shape index (κ2) is 20.1. The highest BCUT2D eigenvalue weighted by atomic mass is 16.6. The number of aliphatic hydroxyl groups is 1. The topological polar surface area (TPSA) is 82.1 Å².